The number of aliphatic carboxylic acids is 1. The third-order valence-corrected chi connectivity index (χ3v) is 3.65. The molecule has 0 amide bonds. The molecule has 0 atom stereocenters. The Morgan fingerprint density at radius 3 is 1.67 bits per heavy atom. The minimum Gasteiger partial charge on any atom is -0.481 e. The van der Waals surface area contributed by atoms with Crippen LogP contribution in [0.5, 0.6) is 0 Å². The van der Waals surface area contributed by atoms with Crippen LogP contribution >= 0.6 is 0 Å². The van der Waals surface area contributed by atoms with E-state index in [4.69, 9.17) is 5.11 Å². The first-order valence-corrected chi connectivity index (χ1v) is 8.64. The number of allylic oxidation sites excluding steroid dienone is 2. The summed E-state index contributed by atoms with van der Waals surface area (Å²) >= 11 is 0. The van der Waals surface area contributed by atoms with Crippen LogP contribution in [0, 0.1) is 0 Å². The Balaban J connectivity index is 0. The zero-order valence-corrected chi connectivity index (χ0v) is 16.8. The normalized spacial score (nSPS) is 10.7. The van der Waals surface area contributed by atoms with E-state index in [0.29, 0.717) is 6.42 Å². The molecule has 0 bridgehead atoms. The van der Waals surface area contributed by atoms with E-state index in [-0.39, 0.29) is 23.9 Å². The van der Waals surface area contributed by atoms with Gasteiger partial charge < -0.3 is 5.11 Å². The van der Waals surface area contributed by atoms with Crippen molar-refractivity contribution in [3.63, 3.8) is 0 Å². The van der Waals surface area contributed by atoms with Crippen LogP contribution in [-0.2, 0) is 4.79 Å². The molecule has 0 spiro atoms. The number of carbonyl (C=O) groups is 1. The van der Waals surface area contributed by atoms with Gasteiger partial charge in [0.05, 0.1) is 0 Å². The number of unbranched alkanes of at least 4 members (excludes halogenated alkanes) is 11. The maximum absolute atomic E-state index is 10.3. The smallest absolute Gasteiger partial charge is 0.303 e. The maximum Gasteiger partial charge on any atom is 0.303 e. The molecule has 0 heterocycles. The molecule has 0 saturated carbocycles. The fourth-order valence-electron chi connectivity index (χ4n) is 2.35. The molecule has 0 aromatic carbocycles. The molecule has 0 aromatic heterocycles. The van der Waals surface area contributed by atoms with E-state index < -0.39 is 5.97 Å². The Kier molecular flexibility index (Phi) is 22.2. The largest absolute Gasteiger partial charge is 0.481 e. The summed E-state index contributed by atoms with van der Waals surface area (Å²) in [5.41, 5.74) is 0. The standard InChI is InChI=1S/C18H34O2.Sn/c1-2-3-4-5-6-7-8-9-10-11-12-13-14-15-16-17-18(19)20;/h9-10H,2-8,11-17H2,1H3,(H,19,20);/b10-9-;. The van der Waals surface area contributed by atoms with Crippen LogP contribution in [0.25, 0.3) is 0 Å². The van der Waals surface area contributed by atoms with Crippen molar-refractivity contribution in [2.45, 2.75) is 96.8 Å². The summed E-state index contributed by atoms with van der Waals surface area (Å²) in [4.78, 5) is 10.3. The number of rotatable bonds is 15. The number of hydrogen-bond donors (Lipinski definition) is 1. The number of carboxylic acid groups (broad SMARTS) is 1. The van der Waals surface area contributed by atoms with E-state index in [9.17, 15) is 4.79 Å². The second-order valence-corrected chi connectivity index (χ2v) is 5.73. The van der Waals surface area contributed by atoms with Crippen LogP contribution in [0.15, 0.2) is 12.2 Å². The van der Waals surface area contributed by atoms with Crippen molar-refractivity contribution in [2.24, 2.45) is 0 Å². The molecule has 122 valence electrons. The van der Waals surface area contributed by atoms with Crippen LogP contribution < -0.4 is 0 Å². The topological polar surface area (TPSA) is 37.3 Å². The van der Waals surface area contributed by atoms with Gasteiger partial charge in [0.15, 0.2) is 0 Å². The van der Waals surface area contributed by atoms with Gasteiger partial charge in [0.2, 0.25) is 0 Å². The van der Waals surface area contributed by atoms with E-state index in [1.807, 2.05) is 0 Å². The number of carboxylic acids is 1. The fourth-order valence-corrected chi connectivity index (χ4v) is 2.35. The summed E-state index contributed by atoms with van der Waals surface area (Å²) in [6.45, 7) is 2.26. The van der Waals surface area contributed by atoms with Gasteiger partial charge in [-0.1, -0.05) is 70.4 Å². The Labute approximate surface area is 148 Å². The second kappa shape index (κ2) is 20.0. The van der Waals surface area contributed by atoms with Crippen LogP contribution in [0.2, 0.25) is 0 Å². The van der Waals surface area contributed by atoms with Crippen LogP contribution in [0.4, 0.5) is 0 Å². The molecule has 0 aliphatic rings. The molecule has 0 fully saturated rings. The van der Waals surface area contributed by atoms with Crippen LogP contribution in [-0.4, -0.2) is 35.0 Å². The Hall–Kier alpha value is 0.00870. The van der Waals surface area contributed by atoms with Gasteiger partial charge in [-0.25, -0.2) is 0 Å². The van der Waals surface area contributed by atoms with Gasteiger partial charge in [-0.15, -0.1) is 0 Å². The SMILES string of the molecule is CCCCCCCC/C=C\CCCCCCCC(=O)O.[Sn]. The second-order valence-electron chi connectivity index (χ2n) is 5.73. The van der Waals surface area contributed by atoms with E-state index in [0.717, 1.165) is 12.8 Å². The van der Waals surface area contributed by atoms with E-state index in [1.165, 1.54) is 70.6 Å². The molecule has 21 heavy (non-hydrogen) atoms. The van der Waals surface area contributed by atoms with Crippen molar-refractivity contribution in [1.82, 2.24) is 0 Å². The monoisotopic (exact) mass is 402 g/mol. The third-order valence-electron chi connectivity index (χ3n) is 3.65. The minimum absolute atomic E-state index is 0. The van der Waals surface area contributed by atoms with E-state index in [1.54, 1.807) is 0 Å². The average Bonchev–Trinajstić information content (AvgIpc) is 2.43. The predicted molar refractivity (Wildman–Crippen MR) is 92.8 cm³/mol. The van der Waals surface area contributed by atoms with E-state index >= 15 is 0 Å². The minimum atomic E-state index is -0.664. The molecular weight excluding hydrogens is 367 g/mol. The van der Waals surface area contributed by atoms with Gasteiger partial charge in [0, 0.05) is 30.3 Å². The molecule has 1 N–H and O–H groups in total. The molecule has 0 unspecified atom stereocenters. The molecule has 2 nitrogen and oxygen atoms in total. The average molecular weight is 401 g/mol. The van der Waals surface area contributed by atoms with Crippen molar-refractivity contribution >= 4 is 29.9 Å². The summed E-state index contributed by atoms with van der Waals surface area (Å²) in [6, 6.07) is 0. The van der Waals surface area contributed by atoms with Gasteiger partial charge >= 0.3 is 5.97 Å². The van der Waals surface area contributed by atoms with Gasteiger partial charge in [-0.05, 0) is 32.1 Å². The first-order valence-electron chi connectivity index (χ1n) is 8.64. The van der Waals surface area contributed by atoms with Crippen molar-refractivity contribution in [3.8, 4) is 0 Å². The third kappa shape index (κ3) is 22.4. The first-order chi connectivity index (χ1) is 9.77. The van der Waals surface area contributed by atoms with Crippen molar-refractivity contribution in [2.75, 3.05) is 0 Å². The van der Waals surface area contributed by atoms with E-state index in [2.05, 4.69) is 19.1 Å². The molecular formula is C18H34O2Sn. The zero-order valence-electron chi connectivity index (χ0n) is 13.9. The number of hydrogen-bond acceptors (Lipinski definition) is 1. The molecule has 0 aromatic rings. The summed E-state index contributed by atoms with van der Waals surface area (Å²) < 4.78 is 0. The molecule has 3 heteroatoms. The Morgan fingerprint density at radius 1 is 0.762 bits per heavy atom. The zero-order chi connectivity index (χ0) is 14.9. The summed E-state index contributed by atoms with van der Waals surface area (Å²) in [5.74, 6) is -0.664. The molecule has 0 aliphatic carbocycles. The molecule has 0 aliphatic heterocycles. The van der Waals surface area contributed by atoms with Crippen molar-refractivity contribution in [1.29, 1.82) is 0 Å². The first kappa shape index (κ1) is 23.3. The van der Waals surface area contributed by atoms with Crippen molar-refractivity contribution in [3.05, 3.63) is 12.2 Å². The van der Waals surface area contributed by atoms with Gasteiger partial charge in [-0.2, -0.15) is 0 Å². The van der Waals surface area contributed by atoms with Crippen LogP contribution in [0.1, 0.15) is 96.8 Å². The molecule has 4 radical (unpaired) electrons. The predicted octanol–water partition coefficient (Wildman–Crippen LogP) is 5.73. The molecule has 0 rings (SSSR count). The quantitative estimate of drug-likeness (QED) is 0.216. The van der Waals surface area contributed by atoms with Gasteiger partial charge in [0.25, 0.3) is 0 Å². The summed E-state index contributed by atoms with van der Waals surface area (Å²) in [6.07, 6.45) is 21.2. The van der Waals surface area contributed by atoms with Gasteiger partial charge in [-0.3, -0.25) is 4.79 Å². The van der Waals surface area contributed by atoms with Crippen LogP contribution in [0.3, 0.4) is 0 Å². The Bertz CT molecular complexity index is 239. The fraction of sp³-hybridized carbons (Fsp3) is 0.833. The summed E-state index contributed by atoms with van der Waals surface area (Å²) in [7, 11) is 0. The summed E-state index contributed by atoms with van der Waals surface area (Å²) in [5, 5.41) is 8.51. The maximum atomic E-state index is 10.3. The van der Waals surface area contributed by atoms with Gasteiger partial charge in [0.1, 0.15) is 0 Å². The molecule has 0 saturated heterocycles. The van der Waals surface area contributed by atoms with Crippen molar-refractivity contribution < 1.29 is 9.90 Å². The Morgan fingerprint density at radius 2 is 1.19 bits per heavy atom.